The average Bonchev–Trinajstić information content (AvgIpc) is 3.53. The summed E-state index contributed by atoms with van der Waals surface area (Å²) < 4.78 is 37.3. The third kappa shape index (κ3) is 3.65. The molecule has 0 amide bonds. The van der Waals surface area contributed by atoms with Crippen molar-refractivity contribution in [3.05, 3.63) is 65.9 Å². The summed E-state index contributed by atoms with van der Waals surface area (Å²) in [5, 5.41) is 12.6. The van der Waals surface area contributed by atoms with Crippen LogP contribution in [0.1, 0.15) is 37.8 Å². The second-order valence-electron chi connectivity index (χ2n) is 12.7. The van der Waals surface area contributed by atoms with Crippen LogP contribution in [0.5, 0.6) is 0 Å². The van der Waals surface area contributed by atoms with Gasteiger partial charge in [0.2, 0.25) is 10.0 Å². The molecule has 1 aliphatic carbocycles. The van der Waals surface area contributed by atoms with Gasteiger partial charge in [0, 0.05) is 60.7 Å². The maximum Gasteiger partial charge on any atom is 0.243 e. The summed E-state index contributed by atoms with van der Waals surface area (Å²) >= 11 is 0. The molecule has 4 heterocycles. The Labute approximate surface area is 231 Å². The molecule has 7 rings (SSSR count). The lowest BCUT2D eigenvalue weighted by molar-refractivity contribution is -0.117. The third-order valence-electron chi connectivity index (χ3n) is 10.4. The van der Waals surface area contributed by atoms with Crippen LogP contribution in [-0.4, -0.2) is 77.2 Å². The molecule has 3 saturated heterocycles. The molecule has 4 aliphatic rings. The minimum Gasteiger partial charge on any atom is -0.393 e. The Kier molecular flexibility index (Phi) is 5.86. The number of fused-ring (bicyclic) bond motifs is 3. The zero-order valence-electron chi connectivity index (χ0n) is 23.0. The summed E-state index contributed by atoms with van der Waals surface area (Å²) in [6, 6.07) is 15.6. The molecule has 4 fully saturated rings. The summed E-state index contributed by atoms with van der Waals surface area (Å²) in [6.07, 6.45) is 3.73. The van der Waals surface area contributed by atoms with Crippen LogP contribution < -0.4 is 0 Å². The Bertz CT molecular complexity index is 1500. The van der Waals surface area contributed by atoms with E-state index in [2.05, 4.69) is 48.1 Å². The highest BCUT2D eigenvalue weighted by molar-refractivity contribution is 7.89. The maximum absolute atomic E-state index is 14.3. The van der Waals surface area contributed by atoms with Gasteiger partial charge in [-0.15, -0.1) is 0 Å². The molecular weight excluding hydrogens is 510 g/mol. The maximum atomic E-state index is 14.3. The number of ether oxygens (including phenoxy) is 1. The highest BCUT2D eigenvalue weighted by Crippen LogP contribution is 2.64. The van der Waals surface area contributed by atoms with Crippen LogP contribution in [0.3, 0.4) is 0 Å². The number of sulfonamides is 1. The van der Waals surface area contributed by atoms with E-state index in [1.54, 1.807) is 16.4 Å². The number of rotatable bonds is 6. The smallest absolute Gasteiger partial charge is 0.243 e. The van der Waals surface area contributed by atoms with Gasteiger partial charge < -0.3 is 14.8 Å². The van der Waals surface area contributed by atoms with Crippen molar-refractivity contribution < 1.29 is 18.3 Å². The van der Waals surface area contributed by atoms with Crippen molar-refractivity contribution in [3.63, 3.8) is 0 Å². The van der Waals surface area contributed by atoms with Crippen molar-refractivity contribution in [1.29, 1.82) is 0 Å². The van der Waals surface area contributed by atoms with E-state index in [1.807, 2.05) is 25.1 Å². The number of hydrogen-bond acceptors (Lipinski definition) is 5. The topological polar surface area (TPSA) is 85.9 Å². The molecule has 2 bridgehead atoms. The highest BCUT2D eigenvalue weighted by Gasteiger charge is 2.76. The van der Waals surface area contributed by atoms with Gasteiger partial charge in [-0.3, -0.25) is 4.90 Å². The van der Waals surface area contributed by atoms with Gasteiger partial charge in [0.1, 0.15) is 5.60 Å². The van der Waals surface area contributed by atoms with E-state index in [4.69, 9.17) is 4.74 Å². The number of morpholine rings is 1. The molecule has 208 valence electrons. The zero-order valence-corrected chi connectivity index (χ0v) is 23.8. The second kappa shape index (κ2) is 8.88. The van der Waals surface area contributed by atoms with Crippen LogP contribution in [0.25, 0.3) is 10.9 Å². The lowest BCUT2D eigenvalue weighted by atomic mass is 9.59. The largest absolute Gasteiger partial charge is 0.393 e. The van der Waals surface area contributed by atoms with Crippen molar-refractivity contribution in [3.8, 4) is 0 Å². The number of benzene rings is 2. The molecule has 1 saturated carbocycles. The van der Waals surface area contributed by atoms with Crippen LogP contribution in [0.4, 0.5) is 0 Å². The fourth-order valence-electron chi connectivity index (χ4n) is 8.72. The first-order valence-corrected chi connectivity index (χ1v) is 15.8. The van der Waals surface area contributed by atoms with Crippen molar-refractivity contribution in [2.75, 3.05) is 26.2 Å². The Morgan fingerprint density at radius 2 is 1.90 bits per heavy atom. The summed E-state index contributed by atoms with van der Waals surface area (Å²) in [6.45, 7) is 8.97. The van der Waals surface area contributed by atoms with Crippen LogP contribution in [-0.2, 0) is 21.2 Å². The van der Waals surface area contributed by atoms with Crippen LogP contribution in [0.2, 0.25) is 0 Å². The molecule has 3 aromatic rings. The second-order valence-corrected chi connectivity index (χ2v) is 14.6. The summed E-state index contributed by atoms with van der Waals surface area (Å²) in [5.74, 6) is 0.00855. The van der Waals surface area contributed by atoms with E-state index < -0.39 is 27.3 Å². The van der Waals surface area contributed by atoms with Gasteiger partial charge in [0.25, 0.3) is 0 Å². The van der Waals surface area contributed by atoms with Gasteiger partial charge >= 0.3 is 0 Å². The van der Waals surface area contributed by atoms with E-state index in [0.29, 0.717) is 30.8 Å². The third-order valence-corrected chi connectivity index (χ3v) is 12.3. The number of para-hydroxylation sites is 1. The van der Waals surface area contributed by atoms with E-state index in [-0.39, 0.29) is 23.9 Å². The van der Waals surface area contributed by atoms with Gasteiger partial charge in [0.05, 0.1) is 17.1 Å². The van der Waals surface area contributed by atoms with Crippen molar-refractivity contribution in [1.82, 2.24) is 14.2 Å². The Balaban J connectivity index is 1.24. The fraction of sp³-hybridized carbons (Fsp3) is 0.548. The molecule has 2 N–H and O–H groups in total. The average molecular weight is 550 g/mol. The molecule has 0 radical (unpaired) electrons. The zero-order chi connectivity index (χ0) is 27.2. The minimum atomic E-state index is -3.75. The van der Waals surface area contributed by atoms with Crippen molar-refractivity contribution >= 4 is 20.9 Å². The Morgan fingerprint density at radius 3 is 2.67 bits per heavy atom. The number of aliphatic hydroxyl groups is 1. The van der Waals surface area contributed by atoms with Gasteiger partial charge in [-0.2, -0.15) is 4.31 Å². The van der Waals surface area contributed by atoms with Gasteiger partial charge in [0.15, 0.2) is 0 Å². The number of aromatic nitrogens is 1. The van der Waals surface area contributed by atoms with E-state index in [9.17, 15) is 13.5 Å². The fourth-order valence-corrected chi connectivity index (χ4v) is 10.7. The number of hydrogen-bond donors (Lipinski definition) is 2. The van der Waals surface area contributed by atoms with Gasteiger partial charge in [-0.25, -0.2) is 8.42 Å². The molecule has 1 aromatic heterocycles. The Hall–Kier alpha value is -2.23. The minimum absolute atomic E-state index is 0.0305. The molecule has 1 spiro atoms. The molecule has 2 aromatic carbocycles. The van der Waals surface area contributed by atoms with Crippen molar-refractivity contribution in [2.45, 2.75) is 68.3 Å². The van der Waals surface area contributed by atoms with Crippen molar-refractivity contribution in [2.24, 2.45) is 17.8 Å². The number of aromatic amines is 1. The number of likely N-dealkylation sites (tertiary alicyclic amines) is 1. The quantitative estimate of drug-likeness (QED) is 0.486. The first kappa shape index (κ1) is 25.7. The molecule has 6 atom stereocenters. The first-order valence-electron chi connectivity index (χ1n) is 14.4. The molecule has 39 heavy (non-hydrogen) atoms. The summed E-state index contributed by atoms with van der Waals surface area (Å²) in [4.78, 5) is 6.20. The summed E-state index contributed by atoms with van der Waals surface area (Å²) in [5.41, 5.74) is 2.30. The molecular formula is C31H39N3O4S. The predicted molar refractivity (Wildman–Crippen MR) is 151 cm³/mol. The molecule has 3 aliphatic heterocycles. The molecule has 0 unspecified atom stereocenters. The highest BCUT2D eigenvalue weighted by atomic mass is 32.2. The van der Waals surface area contributed by atoms with E-state index >= 15 is 0 Å². The lowest BCUT2D eigenvalue weighted by Crippen LogP contribution is -2.60. The number of nitrogens with one attached hydrogen (secondary N) is 1. The number of aryl methyl sites for hydroxylation is 1. The predicted octanol–water partition coefficient (Wildman–Crippen LogP) is 3.96. The molecule has 8 heteroatoms. The van der Waals surface area contributed by atoms with Crippen LogP contribution in [0, 0.1) is 24.7 Å². The van der Waals surface area contributed by atoms with E-state index in [0.717, 1.165) is 30.6 Å². The first-order chi connectivity index (χ1) is 18.7. The lowest BCUT2D eigenvalue weighted by Gasteiger charge is -2.51. The SMILES string of the molecule is Cc1ccc(S(=O)(=O)N2C[C@@]34CN(CCc5c[nH]c6ccccc56)C[C@@H](O3)[C@@H]3[C@H]4[C@@]2(C(C)C)CC[C@@H]3O)cc1. The normalized spacial score (nSPS) is 34.7. The summed E-state index contributed by atoms with van der Waals surface area (Å²) in [7, 11) is -3.75. The van der Waals surface area contributed by atoms with Crippen LogP contribution >= 0.6 is 0 Å². The Morgan fingerprint density at radius 1 is 1.13 bits per heavy atom. The number of H-pyrrole nitrogens is 1. The standard InChI is InChI=1S/C31H39N3O4S/c1-20(2)31-14-12-26(35)28-27-17-33(15-13-22-16-32-25-7-5-4-6-24(22)25)18-30(38-27,29(28)31)19-34(31)39(36,37)23-10-8-21(3)9-11-23/h4-11,16,20,26-29,32,35H,12-15,17-19H2,1-3H3/t26-,27+,28+,29+,30+,31-/m0/s1. The van der Waals surface area contributed by atoms with Crippen LogP contribution in [0.15, 0.2) is 59.6 Å². The molecule has 7 nitrogen and oxygen atoms in total. The number of aliphatic hydroxyl groups excluding tert-OH is 1. The van der Waals surface area contributed by atoms with E-state index in [1.165, 1.54) is 10.9 Å². The monoisotopic (exact) mass is 549 g/mol. The van der Waals surface area contributed by atoms with Gasteiger partial charge in [-0.05, 0) is 55.9 Å². The van der Waals surface area contributed by atoms with Gasteiger partial charge in [-0.1, -0.05) is 49.7 Å². The number of nitrogens with zero attached hydrogens (tertiary/aromatic N) is 2.